The zero-order chi connectivity index (χ0) is 17.9. The fraction of sp³-hybridized carbons (Fsp3) is 0.421. The molecule has 1 saturated heterocycles. The number of guanidine groups is 1. The van der Waals surface area contributed by atoms with Crippen molar-refractivity contribution in [3.63, 3.8) is 0 Å². The van der Waals surface area contributed by atoms with Crippen molar-refractivity contribution < 1.29 is 9.90 Å². The molecule has 7 heteroatoms. The van der Waals surface area contributed by atoms with Crippen LogP contribution in [0.1, 0.15) is 37.7 Å². The van der Waals surface area contributed by atoms with Crippen LogP contribution < -0.4 is 10.6 Å². The highest BCUT2D eigenvalue weighted by Gasteiger charge is 2.27. The first-order valence-corrected chi connectivity index (χ1v) is 9.93. The zero-order valence-corrected chi connectivity index (χ0v) is 15.3. The predicted molar refractivity (Wildman–Crippen MR) is 104 cm³/mol. The summed E-state index contributed by atoms with van der Waals surface area (Å²) < 4.78 is 1.09. The lowest BCUT2D eigenvalue weighted by Crippen LogP contribution is -2.32. The van der Waals surface area contributed by atoms with E-state index in [1.54, 1.807) is 11.3 Å². The summed E-state index contributed by atoms with van der Waals surface area (Å²) in [7, 11) is 0. The van der Waals surface area contributed by atoms with Crippen molar-refractivity contribution >= 4 is 39.5 Å². The Labute approximate surface area is 156 Å². The van der Waals surface area contributed by atoms with Gasteiger partial charge in [0, 0.05) is 0 Å². The van der Waals surface area contributed by atoms with Crippen LogP contribution in [0.25, 0.3) is 16.3 Å². The molecule has 136 valence electrons. The largest absolute Gasteiger partial charge is 0.394 e. The number of aromatic nitrogens is 1. The first-order valence-electron chi connectivity index (χ1n) is 9.05. The standard InChI is InChI=1S/C19H22N4O2S/c24-10-16(13-4-2-1-3-5-13)22-19-21-15(18(25)23-19)8-12-6-7-14-17(9-12)26-11-20-14/h6-9,11,13,16,24H,1-5,10H2,(H2,21,22,23,25)/b15-8-. The molecule has 1 amide bonds. The molecule has 0 spiro atoms. The molecule has 4 rings (SSSR count). The van der Waals surface area contributed by atoms with Gasteiger partial charge >= 0.3 is 0 Å². The average Bonchev–Trinajstić information content (AvgIpc) is 3.26. The highest BCUT2D eigenvalue weighted by molar-refractivity contribution is 7.16. The van der Waals surface area contributed by atoms with Crippen molar-refractivity contribution in [2.24, 2.45) is 10.9 Å². The van der Waals surface area contributed by atoms with Gasteiger partial charge in [-0.15, -0.1) is 11.3 Å². The number of nitrogens with zero attached hydrogens (tertiary/aromatic N) is 2. The number of aliphatic imine (C=N–C) groups is 1. The average molecular weight is 370 g/mol. The molecular formula is C19H22N4O2S. The van der Waals surface area contributed by atoms with Gasteiger partial charge in [-0.3, -0.25) is 10.1 Å². The van der Waals surface area contributed by atoms with E-state index in [9.17, 15) is 9.90 Å². The Morgan fingerprint density at radius 1 is 1.31 bits per heavy atom. The van der Waals surface area contributed by atoms with E-state index in [-0.39, 0.29) is 18.6 Å². The molecule has 2 aliphatic rings. The summed E-state index contributed by atoms with van der Waals surface area (Å²) in [6.07, 6.45) is 7.64. The van der Waals surface area contributed by atoms with Crippen molar-refractivity contribution in [3.8, 4) is 0 Å². The molecule has 1 unspecified atom stereocenters. The lowest BCUT2D eigenvalue weighted by molar-refractivity contribution is -0.115. The monoisotopic (exact) mass is 370 g/mol. The molecule has 1 saturated carbocycles. The normalized spacial score (nSPS) is 22.7. The number of benzene rings is 1. The van der Waals surface area contributed by atoms with Gasteiger partial charge in [0.15, 0.2) is 0 Å². The van der Waals surface area contributed by atoms with Gasteiger partial charge in [-0.2, -0.15) is 0 Å². The molecule has 2 fully saturated rings. The molecule has 1 aromatic carbocycles. The van der Waals surface area contributed by atoms with E-state index in [0.717, 1.165) is 28.6 Å². The quantitative estimate of drug-likeness (QED) is 0.722. The minimum Gasteiger partial charge on any atom is -0.394 e. The van der Waals surface area contributed by atoms with Crippen LogP contribution in [-0.4, -0.2) is 34.6 Å². The Morgan fingerprint density at radius 3 is 2.96 bits per heavy atom. The minimum atomic E-state index is -0.200. The van der Waals surface area contributed by atoms with Gasteiger partial charge in [-0.05, 0) is 42.5 Å². The second kappa shape index (κ2) is 7.55. The molecule has 0 radical (unpaired) electrons. The fourth-order valence-corrected chi connectivity index (χ4v) is 4.39. The maximum atomic E-state index is 12.3. The summed E-state index contributed by atoms with van der Waals surface area (Å²) in [4.78, 5) is 21.1. The third-order valence-electron chi connectivity index (χ3n) is 5.07. The van der Waals surface area contributed by atoms with Gasteiger partial charge in [-0.1, -0.05) is 25.3 Å². The Hall–Kier alpha value is -2.25. The Bertz CT molecular complexity index is 867. The van der Waals surface area contributed by atoms with E-state index in [4.69, 9.17) is 0 Å². The third-order valence-corrected chi connectivity index (χ3v) is 5.86. The van der Waals surface area contributed by atoms with E-state index < -0.39 is 0 Å². The number of amides is 1. The highest BCUT2D eigenvalue weighted by Crippen LogP contribution is 2.28. The van der Waals surface area contributed by atoms with Crippen LogP contribution in [0, 0.1) is 5.92 Å². The van der Waals surface area contributed by atoms with Gasteiger partial charge in [0.05, 0.1) is 28.4 Å². The van der Waals surface area contributed by atoms with E-state index >= 15 is 0 Å². The van der Waals surface area contributed by atoms with Gasteiger partial charge in [0.1, 0.15) is 5.70 Å². The maximum Gasteiger partial charge on any atom is 0.274 e. The number of hydrogen-bond acceptors (Lipinski definition) is 5. The number of fused-ring (bicyclic) bond motifs is 1. The Morgan fingerprint density at radius 2 is 2.15 bits per heavy atom. The van der Waals surface area contributed by atoms with E-state index in [2.05, 4.69) is 20.6 Å². The molecule has 6 nitrogen and oxygen atoms in total. The number of aliphatic hydroxyl groups excluding tert-OH is 1. The number of thiazole rings is 1. The van der Waals surface area contributed by atoms with Crippen LogP contribution in [0.2, 0.25) is 0 Å². The van der Waals surface area contributed by atoms with Gasteiger partial charge in [0.25, 0.3) is 5.91 Å². The number of aliphatic hydroxyl groups is 1. The van der Waals surface area contributed by atoms with Gasteiger partial charge < -0.3 is 10.4 Å². The van der Waals surface area contributed by atoms with E-state index in [0.29, 0.717) is 17.6 Å². The van der Waals surface area contributed by atoms with Crippen LogP contribution >= 0.6 is 11.3 Å². The van der Waals surface area contributed by atoms with Crippen LogP contribution in [-0.2, 0) is 4.79 Å². The van der Waals surface area contributed by atoms with Crippen LogP contribution in [0.3, 0.4) is 0 Å². The number of nitrogens with one attached hydrogen (secondary N) is 2. The van der Waals surface area contributed by atoms with Crippen molar-refractivity contribution in [2.45, 2.75) is 38.1 Å². The Balaban J connectivity index is 1.51. The summed E-state index contributed by atoms with van der Waals surface area (Å²) in [5.41, 5.74) is 4.17. The molecule has 1 aliphatic carbocycles. The summed E-state index contributed by atoms with van der Waals surface area (Å²) >= 11 is 1.58. The van der Waals surface area contributed by atoms with Crippen LogP contribution in [0.5, 0.6) is 0 Å². The number of rotatable bonds is 4. The number of carbonyl (C=O) groups excluding carboxylic acids is 1. The molecule has 1 aliphatic heterocycles. The lowest BCUT2D eigenvalue weighted by atomic mass is 9.84. The summed E-state index contributed by atoms with van der Waals surface area (Å²) in [6.45, 7) is 0.00676. The molecule has 3 N–H and O–H groups in total. The van der Waals surface area contributed by atoms with Crippen molar-refractivity contribution in [1.82, 2.24) is 15.6 Å². The fourth-order valence-electron chi connectivity index (χ4n) is 3.66. The van der Waals surface area contributed by atoms with E-state index in [1.807, 2.05) is 29.8 Å². The number of hydrogen-bond donors (Lipinski definition) is 3. The van der Waals surface area contributed by atoms with Crippen LogP contribution in [0.15, 0.2) is 34.4 Å². The Kier molecular flexibility index (Phi) is 4.99. The minimum absolute atomic E-state index is 0.00676. The summed E-state index contributed by atoms with van der Waals surface area (Å²) in [5.74, 6) is 0.625. The van der Waals surface area contributed by atoms with Crippen molar-refractivity contribution in [2.75, 3.05) is 6.61 Å². The highest BCUT2D eigenvalue weighted by atomic mass is 32.1. The molecule has 2 heterocycles. The van der Waals surface area contributed by atoms with Gasteiger partial charge in [0.2, 0.25) is 5.96 Å². The molecule has 1 aromatic heterocycles. The summed E-state index contributed by atoms with van der Waals surface area (Å²) in [5, 5.41) is 15.6. The van der Waals surface area contributed by atoms with Gasteiger partial charge in [-0.25, -0.2) is 9.98 Å². The summed E-state index contributed by atoms with van der Waals surface area (Å²) in [6, 6.07) is 5.75. The molecule has 0 bridgehead atoms. The molecule has 2 aromatic rings. The van der Waals surface area contributed by atoms with Crippen molar-refractivity contribution in [1.29, 1.82) is 0 Å². The first kappa shape index (κ1) is 17.2. The molecule has 26 heavy (non-hydrogen) atoms. The lowest BCUT2D eigenvalue weighted by Gasteiger charge is -2.26. The smallest absolute Gasteiger partial charge is 0.274 e. The third kappa shape index (κ3) is 3.64. The zero-order valence-electron chi connectivity index (χ0n) is 14.4. The van der Waals surface area contributed by atoms with E-state index in [1.165, 1.54) is 19.3 Å². The molecular weight excluding hydrogens is 348 g/mol. The predicted octanol–water partition coefficient (Wildman–Crippen LogP) is 2.65. The second-order valence-corrected chi connectivity index (χ2v) is 7.73. The van der Waals surface area contributed by atoms with Crippen LogP contribution in [0.4, 0.5) is 0 Å². The molecule has 1 atom stereocenters. The maximum absolute atomic E-state index is 12.3. The SMILES string of the molecule is O=C1NC(=NC(CO)C2CCCCC2)N/C1=C\c1ccc2ncsc2c1. The number of carbonyl (C=O) groups is 1. The topological polar surface area (TPSA) is 86.6 Å². The second-order valence-electron chi connectivity index (χ2n) is 6.84. The first-order chi connectivity index (χ1) is 12.7. The van der Waals surface area contributed by atoms with Crippen molar-refractivity contribution in [3.05, 3.63) is 35.0 Å².